The second-order valence-corrected chi connectivity index (χ2v) is 8.37. The van der Waals surface area contributed by atoms with Crippen molar-refractivity contribution in [3.63, 3.8) is 0 Å². The van der Waals surface area contributed by atoms with Gasteiger partial charge in [0.25, 0.3) is 0 Å². The average molecular weight is 443 g/mol. The highest BCUT2D eigenvalue weighted by Crippen LogP contribution is 2.31. The maximum absolute atomic E-state index is 4.98. The molecule has 34 heavy (non-hydrogen) atoms. The van der Waals surface area contributed by atoms with Crippen LogP contribution in [-0.2, 0) is 6.54 Å². The van der Waals surface area contributed by atoms with E-state index in [1.807, 2.05) is 54.6 Å². The van der Waals surface area contributed by atoms with Gasteiger partial charge in [0.05, 0.1) is 17.6 Å². The van der Waals surface area contributed by atoms with Gasteiger partial charge in [0.2, 0.25) is 5.96 Å². The van der Waals surface area contributed by atoms with E-state index < -0.39 is 0 Å². The van der Waals surface area contributed by atoms with Gasteiger partial charge in [-0.1, -0.05) is 78.9 Å². The third-order valence-electron chi connectivity index (χ3n) is 6.12. The van der Waals surface area contributed by atoms with Gasteiger partial charge in [0.1, 0.15) is 0 Å². The van der Waals surface area contributed by atoms with Crippen molar-refractivity contribution in [1.29, 1.82) is 0 Å². The number of aliphatic imine (C=N–C) groups is 3. The lowest BCUT2D eigenvalue weighted by molar-refractivity contribution is 1.06. The maximum Gasteiger partial charge on any atom is 0.236 e. The van der Waals surface area contributed by atoms with Crippen LogP contribution in [0.15, 0.2) is 112 Å². The summed E-state index contributed by atoms with van der Waals surface area (Å²) in [5, 5.41) is 2.34. The van der Waals surface area contributed by atoms with Crippen LogP contribution >= 0.6 is 0 Å². The number of benzene rings is 4. The Kier molecular flexibility index (Phi) is 5.88. The Bertz CT molecular complexity index is 1540. The molecule has 0 bridgehead atoms. The van der Waals surface area contributed by atoms with Gasteiger partial charge in [-0.2, -0.15) is 4.99 Å². The molecule has 1 heterocycles. The molecule has 0 N–H and O–H groups in total. The van der Waals surface area contributed by atoms with Crippen LogP contribution in [0.4, 0.5) is 0 Å². The smallest absolute Gasteiger partial charge is 0.236 e. The van der Waals surface area contributed by atoms with Gasteiger partial charge in [-0.25, -0.2) is 4.99 Å². The summed E-state index contributed by atoms with van der Waals surface area (Å²) in [4.78, 5) is 14.2. The fraction of sp³-hybridized carbons (Fsp3) is 0.100. The van der Waals surface area contributed by atoms with Gasteiger partial charge in [-0.05, 0) is 55.5 Å². The second kappa shape index (κ2) is 9.28. The van der Waals surface area contributed by atoms with Crippen LogP contribution in [0, 0.1) is 13.8 Å². The number of fused-ring (bicyclic) bond motifs is 3. The zero-order valence-corrected chi connectivity index (χ0v) is 19.4. The van der Waals surface area contributed by atoms with Crippen molar-refractivity contribution >= 4 is 40.3 Å². The largest absolute Gasteiger partial charge is 0.278 e. The number of rotatable bonds is 3. The molecule has 0 aliphatic carbocycles. The van der Waals surface area contributed by atoms with E-state index in [0.717, 1.165) is 22.2 Å². The minimum atomic E-state index is 0.505. The fourth-order valence-electron chi connectivity index (χ4n) is 4.22. The summed E-state index contributed by atoms with van der Waals surface area (Å²) < 4.78 is 2.09. The Morgan fingerprint density at radius 1 is 0.735 bits per heavy atom. The number of aromatic nitrogens is 1. The molecule has 1 aromatic heterocycles. The first-order valence-corrected chi connectivity index (χ1v) is 11.4. The third kappa shape index (κ3) is 4.06. The molecule has 5 aromatic rings. The average Bonchev–Trinajstić information content (AvgIpc) is 3.19. The molecule has 4 aromatic carbocycles. The number of aryl methyl sites for hydroxylation is 2. The highest BCUT2D eigenvalue weighted by atomic mass is 15.2. The van der Waals surface area contributed by atoms with Crippen LogP contribution in [0.3, 0.4) is 0 Å². The molecule has 166 valence electrons. The molecule has 0 atom stereocenters. The second-order valence-electron chi connectivity index (χ2n) is 8.37. The standard InChI is InChI=1S/C30H26N4/c1-21-18-26-25-16-10-11-17-27(25)34(28(26)19-22(21)2)30(31-3)33-29(24-14-8-5-9-15-24)32-20-23-12-6-4-7-13-23/h4-19H,3,20H2,1-2H3. The predicted molar refractivity (Wildman–Crippen MR) is 144 cm³/mol. The number of amidine groups is 1. The predicted octanol–water partition coefficient (Wildman–Crippen LogP) is 6.96. The molecule has 0 aliphatic heterocycles. The van der Waals surface area contributed by atoms with Gasteiger partial charge in [-0.15, -0.1) is 0 Å². The van der Waals surface area contributed by atoms with Gasteiger partial charge in [-0.3, -0.25) is 9.56 Å². The van der Waals surface area contributed by atoms with Crippen molar-refractivity contribution < 1.29 is 0 Å². The Labute approximate surface area is 199 Å². The molecule has 4 nitrogen and oxygen atoms in total. The Morgan fingerprint density at radius 2 is 1.38 bits per heavy atom. The first-order chi connectivity index (χ1) is 16.7. The van der Waals surface area contributed by atoms with E-state index in [-0.39, 0.29) is 0 Å². The summed E-state index contributed by atoms with van der Waals surface area (Å²) in [7, 11) is 0. The Balaban J connectivity index is 1.72. The van der Waals surface area contributed by atoms with Crippen LogP contribution < -0.4 is 0 Å². The molecule has 0 spiro atoms. The summed E-state index contributed by atoms with van der Waals surface area (Å²) in [6, 6.07) is 33.0. The lowest BCUT2D eigenvalue weighted by Crippen LogP contribution is -2.12. The van der Waals surface area contributed by atoms with Crippen molar-refractivity contribution in [2.45, 2.75) is 20.4 Å². The molecule has 0 saturated carbocycles. The molecule has 0 saturated heterocycles. The Morgan fingerprint density at radius 3 is 2.12 bits per heavy atom. The fourth-order valence-corrected chi connectivity index (χ4v) is 4.22. The summed E-state index contributed by atoms with van der Waals surface area (Å²) in [6.45, 7) is 8.69. The van der Waals surface area contributed by atoms with Gasteiger partial charge < -0.3 is 0 Å². The molecule has 0 unspecified atom stereocenters. The highest BCUT2D eigenvalue weighted by molar-refractivity contribution is 6.17. The topological polar surface area (TPSA) is 42.0 Å². The van der Waals surface area contributed by atoms with Crippen molar-refractivity contribution in [3.05, 3.63) is 119 Å². The van der Waals surface area contributed by atoms with Crippen LogP contribution in [0.1, 0.15) is 22.3 Å². The molecule has 0 fully saturated rings. The van der Waals surface area contributed by atoms with Crippen LogP contribution in [0.5, 0.6) is 0 Å². The highest BCUT2D eigenvalue weighted by Gasteiger charge is 2.16. The Hall–Kier alpha value is -4.31. The van der Waals surface area contributed by atoms with Crippen LogP contribution in [0.25, 0.3) is 21.8 Å². The summed E-state index contributed by atoms with van der Waals surface area (Å²) >= 11 is 0. The number of nitrogens with zero attached hydrogens (tertiary/aromatic N) is 4. The summed E-state index contributed by atoms with van der Waals surface area (Å²) in [5.41, 5.74) is 6.65. The van der Waals surface area contributed by atoms with Crippen LogP contribution in [0.2, 0.25) is 0 Å². The lowest BCUT2D eigenvalue weighted by Gasteiger charge is -2.09. The van der Waals surface area contributed by atoms with E-state index in [2.05, 4.69) is 72.6 Å². The lowest BCUT2D eigenvalue weighted by atomic mass is 10.1. The number of hydrogen-bond acceptors (Lipinski definition) is 1. The third-order valence-corrected chi connectivity index (χ3v) is 6.12. The van der Waals surface area contributed by atoms with Crippen molar-refractivity contribution in [1.82, 2.24) is 4.57 Å². The molecule has 0 amide bonds. The van der Waals surface area contributed by atoms with E-state index in [1.54, 1.807) is 0 Å². The van der Waals surface area contributed by atoms with E-state index in [1.165, 1.54) is 21.9 Å². The minimum absolute atomic E-state index is 0.505. The van der Waals surface area contributed by atoms with Gasteiger partial charge in [0.15, 0.2) is 5.84 Å². The van der Waals surface area contributed by atoms with Crippen molar-refractivity contribution in [2.75, 3.05) is 0 Å². The van der Waals surface area contributed by atoms with Crippen molar-refractivity contribution in [2.24, 2.45) is 15.0 Å². The summed E-state index contributed by atoms with van der Waals surface area (Å²) in [6.07, 6.45) is 0. The zero-order chi connectivity index (χ0) is 23.5. The van der Waals surface area contributed by atoms with Crippen molar-refractivity contribution in [3.8, 4) is 0 Å². The van der Waals surface area contributed by atoms with Crippen LogP contribution in [-0.4, -0.2) is 23.1 Å². The molecule has 0 radical (unpaired) electrons. The van der Waals surface area contributed by atoms with E-state index in [0.29, 0.717) is 18.3 Å². The zero-order valence-electron chi connectivity index (χ0n) is 19.4. The number of para-hydroxylation sites is 1. The molecule has 5 rings (SSSR count). The summed E-state index contributed by atoms with van der Waals surface area (Å²) in [5.74, 6) is 1.13. The SMILES string of the molecule is C=NC(=NC(=NCc1ccccc1)c1ccccc1)n1c2ccccc2c2cc(C)c(C)cc21. The molecular weight excluding hydrogens is 416 g/mol. The first-order valence-electron chi connectivity index (χ1n) is 11.4. The molecule has 0 aliphatic rings. The molecule has 4 heteroatoms. The molecular formula is C30H26N4. The minimum Gasteiger partial charge on any atom is -0.278 e. The monoisotopic (exact) mass is 442 g/mol. The quantitative estimate of drug-likeness (QED) is 0.214. The normalized spacial score (nSPS) is 12.4. The number of hydrogen-bond donors (Lipinski definition) is 0. The van der Waals surface area contributed by atoms with E-state index in [4.69, 9.17) is 9.98 Å². The first kappa shape index (κ1) is 21.5. The van der Waals surface area contributed by atoms with Gasteiger partial charge in [0, 0.05) is 16.3 Å². The van der Waals surface area contributed by atoms with E-state index >= 15 is 0 Å². The van der Waals surface area contributed by atoms with Gasteiger partial charge >= 0.3 is 0 Å². The van der Waals surface area contributed by atoms with E-state index in [9.17, 15) is 0 Å². The maximum atomic E-state index is 4.98.